The highest BCUT2D eigenvalue weighted by molar-refractivity contribution is 14.1. The molecule has 1 N–H and O–H groups in total. The minimum absolute atomic E-state index is 0.188. The zero-order chi connectivity index (χ0) is 12.8. The number of esters is 1. The highest BCUT2D eigenvalue weighted by Gasteiger charge is 2.16. The second-order valence-electron chi connectivity index (χ2n) is 3.21. The van der Waals surface area contributed by atoms with Gasteiger partial charge in [-0.05, 0) is 46.9 Å². The molecule has 0 aliphatic heterocycles. The molecule has 0 aliphatic rings. The second-order valence-corrected chi connectivity index (χ2v) is 5.96. The highest BCUT2D eigenvalue weighted by atomic mass is 127. The molecule has 1 aromatic carbocycles. The Labute approximate surface area is 127 Å². The molecule has 0 bridgehead atoms. The molecule has 0 radical (unpaired) electrons. The summed E-state index contributed by atoms with van der Waals surface area (Å²) in [4.78, 5) is 22.8. The Bertz CT molecular complexity index is 406. The Balaban J connectivity index is 2.50. The SMILES string of the molecule is COC(=O)C(I)CNC(=O)c1ccc(I)cc1. The Morgan fingerprint density at radius 3 is 2.47 bits per heavy atom. The van der Waals surface area contributed by atoms with E-state index in [2.05, 4.69) is 32.6 Å². The number of carbonyl (C=O) groups is 2. The van der Waals surface area contributed by atoms with E-state index in [1.165, 1.54) is 7.11 Å². The number of ether oxygens (including phenoxy) is 1. The van der Waals surface area contributed by atoms with Crippen LogP contribution in [0.2, 0.25) is 0 Å². The number of alkyl halides is 1. The second kappa shape index (κ2) is 7.14. The summed E-state index contributed by atoms with van der Waals surface area (Å²) < 4.78 is 5.27. The molecule has 0 fully saturated rings. The Hall–Kier alpha value is -0.380. The number of rotatable bonds is 4. The first kappa shape index (κ1) is 14.7. The van der Waals surface area contributed by atoms with Crippen molar-refractivity contribution < 1.29 is 14.3 Å². The van der Waals surface area contributed by atoms with Crippen LogP contribution in [0.25, 0.3) is 0 Å². The van der Waals surface area contributed by atoms with Crippen LogP contribution in [0, 0.1) is 3.57 Å². The van der Waals surface area contributed by atoms with Crippen LogP contribution in [-0.2, 0) is 9.53 Å². The van der Waals surface area contributed by atoms with E-state index >= 15 is 0 Å². The third kappa shape index (κ3) is 4.78. The van der Waals surface area contributed by atoms with Crippen molar-refractivity contribution in [3.05, 3.63) is 33.4 Å². The quantitative estimate of drug-likeness (QED) is 0.426. The van der Waals surface area contributed by atoms with Gasteiger partial charge in [0.1, 0.15) is 3.92 Å². The largest absolute Gasteiger partial charge is 0.468 e. The summed E-state index contributed by atoms with van der Waals surface area (Å²) in [6, 6.07) is 7.21. The average molecular weight is 459 g/mol. The van der Waals surface area contributed by atoms with E-state index in [1.54, 1.807) is 12.1 Å². The van der Waals surface area contributed by atoms with E-state index in [9.17, 15) is 9.59 Å². The van der Waals surface area contributed by atoms with Crippen LogP contribution in [0.3, 0.4) is 0 Å². The molecule has 0 saturated carbocycles. The van der Waals surface area contributed by atoms with Gasteiger partial charge < -0.3 is 10.1 Å². The van der Waals surface area contributed by atoms with E-state index in [0.717, 1.165) is 3.57 Å². The molecule has 17 heavy (non-hydrogen) atoms. The molecule has 4 nitrogen and oxygen atoms in total. The van der Waals surface area contributed by atoms with Gasteiger partial charge in [0.15, 0.2) is 0 Å². The molecule has 0 aliphatic carbocycles. The Morgan fingerprint density at radius 1 is 1.35 bits per heavy atom. The van der Waals surface area contributed by atoms with Crippen molar-refractivity contribution in [3.63, 3.8) is 0 Å². The van der Waals surface area contributed by atoms with Crippen LogP contribution < -0.4 is 5.32 Å². The molecule has 0 aromatic heterocycles. The van der Waals surface area contributed by atoms with E-state index in [0.29, 0.717) is 5.56 Å². The molecule has 0 saturated heterocycles. The van der Waals surface area contributed by atoms with Crippen molar-refractivity contribution in [2.75, 3.05) is 13.7 Å². The lowest BCUT2D eigenvalue weighted by atomic mass is 10.2. The summed E-state index contributed by atoms with van der Waals surface area (Å²) in [6.07, 6.45) is 0. The van der Waals surface area contributed by atoms with Crippen LogP contribution in [0.4, 0.5) is 0 Å². The zero-order valence-electron chi connectivity index (χ0n) is 9.07. The van der Waals surface area contributed by atoms with Gasteiger partial charge in [-0.1, -0.05) is 22.6 Å². The van der Waals surface area contributed by atoms with Crippen molar-refractivity contribution in [3.8, 4) is 0 Å². The lowest BCUT2D eigenvalue weighted by Gasteiger charge is -2.09. The summed E-state index contributed by atoms with van der Waals surface area (Å²) in [5.41, 5.74) is 0.582. The summed E-state index contributed by atoms with van der Waals surface area (Å²) in [5, 5.41) is 2.68. The molecule has 92 valence electrons. The van der Waals surface area contributed by atoms with Gasteiger partial charge in [-0.3, -0.25) is 9.59 Å². The molecule has 1 unspecified atom stereocenters. The van der Waals surface area contributed by atoms with E-state index < -0.39 is 0 Å². The summed E-state index contributed by atoms with van der Waals surface area (Å²) in [6.45, 7) is 0.262. The monoisotopic (exact) mass is 459 g/mol. The van der Waals surface area contributed by atoms with Crippen LogP contribution >= 0.6 is 45.2 Å². The van der Waals surface area contributed by atoms with Gasteiger partial charge in [-0.25, -0.2) is 0 Å². The molecule has 1 amide bonds. The molecule has 0 spiro atoms. The van der Waals surface area contributed by atoms with Crippen LogP contribution in [-0.4, -0.2) is 29.5 Å². The van der Waals surface area contributed by atoms with Crippen molar-refractivity contribution in [1.82, 2.24) is 5.32 Å². The lowest BCUT2D eigenvalue weighted by Crippen LogP contribution is -2.33. The van der Waals surface area contributed by atoms with Crippen LogP contribution in [0.1, 0.15) is 10.4 Å². The van der Waals surface area contributed by atoms with Crippen molar-refractivity contribution in [2.45, 2.75) is 3.92 Å². The van der Waals surface area contributed by atoms with Gasteiger partial charge >= 0.3 is 5.97 Å². The topological polar surface area (TPSA) is 55.4 Å². The Morgan fingerprint density at radius 2 is 1.94 bits per heavy atom. The predicted molar refractivity (Wildman–Crippen MR) is 81.3 cm³/mol. The molecule has 6 heteroatoms. The summed E-state index contributed by atoms with van der Waals surface area (Å²) in [5.74, 6) is -0.527. The maximum Gasteiger partial charge on any atom is 0.320 e. The standard InChI is InChI=1S/C11H11I2NO3/c1-17-11(16)9(13)6-14-10(15)7-2-4-8(12)5-3-7/h2-5,9H,6H2,1H3,(H,14,15). The fourth-order valence-electron chi connectivity index (χ4n) is 1.10. The lowest BCUT2D eigenvalue weighted by molar-refractivity contribution is -0.139. The number of carbonyl (C=O) groups excluding carboxylic acids is 2. The summed E-state index contributed by atoms with van der Waals surface area (Å²) in [7, 11) is 1.33. The van der Waals surface area contributed by atoms with E-state index in [1.807, 2.05) is 34.7 Å². The van der Waals surface area contributed by atoms with E-state index in [4.69, 9.17) is 0 Å². The van der Waals surface area contributed by atoms with Gasteiger partial charge in [-0.2, -0.15) is 0 Å². The minimum Gasteiger partial charge on any atom is -0.468 e. The number of hydrogen-bond donors (Lipinski definition) is 1. The zero-order valence-corrected chi connectivity index (χ0v) is 13.4. The Kier molecular flexibility index (Phi) is 6.17. The smallest absolute Gasteiger partial charge is 0.320 e. The number of benzene rings is 1. The van der Waals surface area contributed by atoms with Gasteiger partial charge in [-0.15, -0.1) is 0 Å². The molecule has 0 heterocycles. The van der Waals surface area contributed by atoms with Gasteiger partial charge in [0.25, 0.3) is 5.91 Å². The normalized spacial score (nSPS) is 11.7. The third-order valence-electron chi connectivity index (χ3n) is 2.01. The predicted octanol–water partition coefficient (Wildman–Crippen LogP) is 2.00. The fourth-order valence-corrected chi connectivity index (χ4v) is 1.93. The number of halogens is 2. The molecular formula is C11H11I2NO3. The number of amides is 1. The maximum absolute atomic E-state index is 11.7. The first-order valence-corrected chi connectivity index (χ1v) is 7.12. The highest BCUT2D eigenvalue weighted by Crippen LogP contribution is 2.07. The van der Waals surface area contributed by atoms with Crippen LogP contribution in [0.5, 0.6) is 0 Å². The van der Waals surface area contributed by atoms with Gasteiger partial charge in [0.05, 0.1) is 7.11 Å². The fraction of sp³-hybridized carbons (Fsp3) is 0.273. The van der Waals surface area contributed by atoms with E-state index in [-0.39, 0.29) is 22.3 Å². The number of nitrogens with one attached hydrogen (secondary N) is 1. The molecule has 1 atom stereocenters. The first-order chi connectivity index (χ1) is 8.04. The van der Waals surface area contributed by atoms with Crippen molar-refractivity contribution >= 4 is 57.1 Å². The molecular weight excluding hydrogens is 448 g/mol. The van der Waals surface area contributed by atoms with Crippen LogP contribution in [0.15, 0.2) is 24.3 Å². The molecule has 1 aromatic rings. The summed E-state index contributed by atoms with van der Waals surface area (Å²) >= 11 is 4.11. The van der Waals surface area contributed by atoms with Gasteiger partial charge in [0, 0.05) is 15.7 Å². The van der Waals surface area contributed by atoms with Crippen molar-refractivity contribution in [2.24, 2.45) is 0 Å². The molecule has 1 rings (SSSR count). The van der Waals surface area contributed by atoms with Crippen molar-refractivity contribution in [1.29, 1.82) is 0 Å². The minimum atomic E-state index is -0.370. The maximum atomic E-state index is 11.7. The van der Waals surface area contributed by atoms with Gasteiger partial charge in [0.2, 0.25) is 0 Å². The third-order valence-corrected chi connectivity index (χ3v) is 3.67. The number of methoxy groups -OCH3 is 1. The first-order valence-electron chi connectivity index (χ1n) is 4.80. The number of hydrogen-bond acceptors (Lipinski definition) is 3. The average Bonchev–Trinajstić information content (AvgIpc) is 2.35.